The van der Waals surface area contributed by atoms with E-state index in [1.165, 1.54) is 4.90 Å². The molecule has 1 fully saturated rings. The summed E-state index contributed by atoms with van der Waals surface area (Å²) in [6.45, 7) is 1.91. The van der Waals surface area contributed by atoms with Crippen LogP contribution < -0.4 is 25.0 Å². The number of anilines is 2. The van der Waals surface area contributed by atoms with Gasteiger partial charge in [0.25, 0.3) is 5.91 Å². The second kappa shape index (κ2) is 7.80. The lowest BCUT2D eigenvalue weighted by Crippen LogP contribution is -2.48. The van der Waals surface area contributed by atoms with Crippen LogP contribution in [0.1, 0.15) is 18.9 Å². The highest BCUT2D eigenvalue weighted by molar-refractivity contribution is 6.14. The van der Waals surface area contributed by atoms with Gasteiger partial charge in [-0.05, 0) is 36.8 Å². The Labute approximate surface area is 189 Å². The lowest BCUT2D eigenvalue weighted by atomic mass is 9.91. The zero-order valence-electron chi connectivity index (χ0n) is 17.9. The summed E-state index contributed by atoms with van der Waals surface area (Å²) in [5.41, 5.74) is 0.151. The lowest BCUT2D eigenvalue weighted by Gasteiger charge is -2.30. The van der Waals surface area contributed by atoms with Crippen LogP contribution in [0, 0.1) is 0 Å². The maximum Gasteiger partial charge on any atom is 0.325 e. The second-order valence-corrected chi connectivity index (χ2v) is 8.20. The summed E-state index contributed by atoms with van der Waals surface area (Å²) in [5.74, 6) is -0.380. The summed E-state index contributed by atoms with van der Waals surface area (Å²) in [6.07, 6.45) is 0.741. The second-order valence-electron chi connectivity index (χ2n) is 8.20. The molecule has 5 amide bonds. The summed E-state index contributed by atoms with van der Waals surface area (Å²) < 4.78 is 11.3. The monoisotopic (exact) mass is 450 g/mol. The number of rotatable bonds is 3. The highest BCUT2D eigenvalue weighted by Gasteiger charge is 2.50. The van der Waals surface area contributed by atoms with E-state index in [0.717, 1.165) is 11.3 Å². The molecule has 10 heteroatoms. The fourth-order valence-corrected chi connectivity index (χ4v) is 4.19. The van der Waals surface area contributed by atoms with E-state index >= 15 is 0 Å². The van der Waals surface area contributed by atoms with Crippen molar-refractivity contribution in [3.8, 4) is 11.5 Å². The molecule has 0 aromatic heterocycles. The molecule has 170 valence electrons. The normalized spacial score (nSPS) is 21.8. The van der Waals surface area contributed by atoms with Crippen LogP contribution in [0.3, 0.4) is 0 Å². The molecule has 2 aromatic carbocycles. The van der Waals surface area contributed by atoms with Crippen molar-refractivity contribution in [2.75, 3.05) is 36.5 Å². The molecular formula is C23H22N4O6. The first-order valence-electron chi connectivity index (χ1n) is 10.6. The van der Waals surface area contributed by atoms with Crippen molar-refractivity contribution in [3.05, 3.63) is 48.0 Å². The summed E-state index contributed by atoms with van der Waals surface area (Å²) >= 11 is 0. The number of carbonyl (C=O) groups excluding carboxylic acids is 4. The molecule has 0 aliphatic carbocycles. The number of hydrogen-bond acceptors (Lipinski definition) is 6. The minimum Gasteiger partial charge on any atom is -0.490 e. The summed E-state index contributed by atoms with van der Waals surface area (Å²) in [5, 5.41) is 5.40. The van der Waals surface area contributed by atoms with E-state index in [0.29, 0.717) is 41.7 Å². The molecule has 0 unspecified atom stereocenters. The maximum atomic E-state index is 13.3. The molecule has 3 aliphatic rings. The zero-order valence-corrected chi connectivity index (χ0v) is 17.9. The van der Waals surface area contributed by atoms with Gasteiger partial charge in [0.1, 0.15) is 18.6 Å². The fraction of sp³-hybridized carbons (Fsp3) is 0.304. The molecule has 3 aliphatic heterocycles. The minimum atomic E-state index is -1.38. The molecule has 3 heterocycles. The molecule has 5 rings (SSSR count). The number of hydrogen-bond donors (Lipinski definition) is 2. The van der Waals surface area contributed by atoms with Crippen LogP contribution >= 0.6 is 0 Å². The summed E-state index contributed by atoms with van der Waals surface area (Å²) in [4.78, 5) is 53.3. The first kappa shape index (κ1) is 20.8. The van der Waals surface area contributed by atoms with Crippen molar-refractivity contribution in [1.29, 1.82) is 0 Å². The van der Waals surface area contributed by atoms with Gasteiger partial charge in [-0.1, -0.05) is 18.2 Å². The third kappa shape index (κ3) is 3.53. The first-order valence-corrected chi connectivity index (χ1v) is 10.6. The van der Waals surface area contributed by atoms with Gasteiger partial charge in [0, 0.05) is 6.42 Å². The van der Waals surface area contributed by atoms with Crippen molar-refractivity contribution in [3.63, 3.8) is 0 Å². The Morgan fingerprint density at radius 3 is 2.64 bits per heavy atom. The third-order valence-corrected chi connectivity index (χ3v) is 5.96. The molecule has 0 spiro atoms. The minimum absolute atomic E-state index is 0.196. The third-order valence-electron chi connectivity index (χ3n) is 5.96. The first-order chi connectivity index (χ1) is 15.9. The predicted molar refractivity (Wildman–Crippen MR) is 117 cm³/mol. The number of urea groups is 1. The molecule has 1 atom stereocenters. The van der Waals surface area contributed by atoms with Gasteiger partial charge in [-0.2, -0.15) is 0 Å². The number of imide groups is 1. The van der Waals surface area contributed by atoms with Gasteiger partial charge in [0.2, 0.25) is 11.8 Å². The van der Waals surface area contributed by atoms with Crippen LogP contribution in [-0.4, -0.2) is 55.0 Å². The Balaban J connectivity index is 1.39. The number of carbonyl (C=O) groups is 4. The van der Waals surface area contributed by atoms with E-state index in [9.17, 15) is 19.2 Å². The van der Waals surface area contributed by atoms with E-state index in [1.54, 1.807) is 49.4 Å². The van der Waals surface area contributed by atoms with Crippen molar-refractivity contribution in [1.82, 2.24) is 10.2 Å². The molecule has 2 aromatic rings. The van der Waals surface area contributed by atoms with E-state index < -0.39 is 29.9 Å². The molecule has 0 saturated carbocycles. The Bertz CT molecular complexity index is 1180. The molecule has 0 radical (unpaired) electrons. The van der Waals surface area contributed by atoms with E-state index in [1.807, 2.05) is 0 Å². The summed E-state index contributed by atoms with van der Waals surface area (Å²) in [7, 11) is 0. The predicted octanol–water partition coefficient (Wildman–Crippen LogP) is 1.60. The van der Waals surface area contributed by atoms with Gasteiger partial charge in [-0.25, -0.2) is 4.79 Å². The Hall–Kier alpha value is -4.08. The van der Waals surface area contributed by atoms with Gasteiger partial charge >= 0.3 is 6.03 Å². The Morgan fingerprint density at radius 1 is 1.06 bits per heavy atom. The quantitative estimate of drug-likeness (QED) is 0.686. The van der Waals surface area contributed by atoms with E-state index in [-0.39, 0.29) is 12.5 Å². The molecule has 0 bridgehead atoms. The SMILES string of the molecule is C[C@@]1(c2ccc3c(c2)OCCCO3)NC(=O)N(CC(=O)N2CC(=O)Nc3ccccc32)C1=O. The molecule has 10 nitrogen and oxygen atoms in total. The Kier molecular flexibility index (Phi) is 4.92. The van der Waals surface area contributed by atoms with Crippen LogP contribution in [0.2, 0.25) is 0 Å². The van der Waals surface area contributed by atoms with Crippen LogP contribution in [0.4, 0.5) is 16.2 Å². The highest BCUT2D eigenvalue weighted by Crippen LogP contribution is 2.37. The number of nitrogens with one attached hydrogen (secondary N) is 2. The van der Waals surface area contributed by atoms with E-state index in [2.05, 4.69) is 10.6 Å². The number of ether oxygens (including phenoxy) is 2. The molecule has 33 heavy (non-hydrogen) atoms. The van der Waals surface area contributed by atoms with Gasteiger partial charge in [0.05, 0.1) is 24.6 Å². The largest absolute Gasteiger partial charge is 0.490 e. The van der Waals surface area contributed by atoms with Crippen molar-refractivity contribution in [2.45, 2.75) is 18.9 Å². The molecule has 2 N–H and O–H groups in total. The van der Waals surface area contributed by atoms with Crippen LogP contribution in [-0.2, 0) is 19.9 Å². The standard InChI is InChI=1S/C23H22N4O6/c1-23(14-7-8-17-18(11-14)33-10-4-9-32-17)21(30)27(22(31)25-23)13-20(29)26-12-19(28)24-15-5-2-3-6-16(15)26/h2-3,5-8,11H,4,9-10,12-13H2,1H3,(H,24,28)(H,25,31)/t23-/m0/s1. The molecule has 1 saturated heterocycles. The van der Waals surface area contributed by atoms with Gasteiger partial charge in [-0.15, -0.1) is 0 Å². The van der Waals surface area contributed by atoms with Gasteiger partial charge < -0.3 is 20.1 Å². The fourth-order valence-electron chi connectivity index (χ4n) is 4.19. The van der Waals surface area contributed by atoms with Crippen LogP contribution in [0.25, 0.3) is 0 Å². The number of benzene rings is 2. The van der Waals surface area contributed by atoms with Crippen molar-refractivity contribution in [2.24, 2.45) is 0 Å². The smallest absolute Gasteiger partial charge is 0.325 e. The van der Waals surface area contributed by atoms with Crippen LogP contribution in [0.5, 0.6) is 11.5 Å². The molecular weight excluding hydrogens is 428 g/mol. The average molecular weight is 450 g/mol. The number of para-hydroxylation sites is 2. The van der Waals surface area contributed by atoms with Gasteiger partial charge in [-0.3, -0.25) is 24.2 Å². The highest BCUT2D eigenvalue weighted by atomic mass is 16.5. The Morgan fingerprint density at radius 2 is 1.82 bits per heavy atom. The lowest BCUT2D eigenvalue weighted by molar-refractivity contribution is -0.134. The van der Waals surface area contributed by atoms with Crippen LogP contribution in [0.15, 0.2) is 42.5 Å². The number of fused-ring (bicyclic) bond motifs is 2. The van der Waals surface area contributed by atoms with Gasteiger partial charge in [0.15, 0.2) is 11.5 Å². The van der Waals surface area contributed by atoms with Crippen molar-refractivity contribution < 1.29 is 28.7 Å². The maximum absolute atomic E-state index is 13.3. The van der Waals surface area contributed by atoms with Crippen molar-refractivity contribution >= 4 is 35.1 Å². The topological polar surface area (TPSA) is 117 Å². The average Bonchev–Trinajstić information content (AvgIpc) is 2.96. The zero-order chi connectivity index (χ0) is 23.2. The number of nitrogens with zero attached hydrogens (tertiary/aromatic N) is 2. The van der Waals surface area contributed by atoms with E-state index in [4.69, 9.17) is 9.47 Å². The summed E-state index contributed by atoms with van der Waals surface area (Å²) in [6, 6.07) is 11.3. The number of amides is 5.